The number of hydrogen-bond donors (Lipinski definition) is 1. The molecule has 138 valence electrons. The van der Waals surface area contributed by atoms with Gasteiger partial charge >= 0.3 is 0 Å². The molecule has 1 atom stereocenters. The monoisotopic (exact) mass is 420 g/mol. The van der Waals surface area contributed by atoms with Crippen LogP contribution in [0.1, 0.15) is 18.1 Å². The molecule has 0 aliphatic carbocycles. The van der Waals surface area contributed by atoms with Crippen molar-refractivity contribution in [2.75, 3.05) is 14.2 Å². The smallest absolute Gasteiger partial charge is 0.280 e. The first kappa shape index (κ1) is 19.8. The highest BCUT2D eigenvalue weighted by molar-refractivity contribution is 9.10. The van der Waals surface area contributed by atoms with E-state index in [4.69, 9.17) is 14.2 Å². The molecule has 7 heteroatoms. The normalized spacial score (nSPS) is 11.9. The number of halogens is 1. The van der Waals surface area contributed by atoms with E-state index in [9.17, 15) is 4.79 Å². The van der Waals surface area contributed by atoms with Crippen molar-refractivity contribution in [2.24, 2.45) is 5.10 Å². The summed E-state index contributed by atoms with van der Waals surface area (Å²) in [6, 6.07) is 11.0. The molecule has 2 aromatic rings. The summed E-state index contributed by atoms with van der Waals surface area (Å²) in [6.45, 7) is 3.64. The van der Waals surface area contributed by atoms with E-state index in [1.165, 1.54) is 6.21 Å². The van der Waals surface area contributed by atoms with E-state index in [0.29, 0.717) is 17.2 Å². The van der Waals surface area contributed by atoms with Gasteiger partial charge in [-0.3, -0.25) is 4.79 Å². The Balaban J connectivity index is 1.95. The third kappa shape index (κ3) is 5.23. The minimum absolute atomic E-state index is 0.353. The molecule has 0 spiro atoms. The molecule has 0 radical (unpaired) electrons. The first-order valence-corrected chi connectivity index (χ1v) is 8.71. The van der Waals surface area contributed by atoms with Crippen LogP contribution < -0.4 is 19.6 Å². The lowest BCUT2D eigenvalue weighted by molar-refractivity contribution is -0.127. The first-order chi connectivity index (χ1) is 12.4. The lowest BCUT2D eigenvalue weighted by Gasteiger charge is -2.14. The standard InChI is InChI=1S/C19H21BrN2O4/c1-12-5-7-16(15(20)9-12)26-13(2)19(23)22-21-11-14-6-8-17(24-3)18(10-14)25-4/h5-11,13H,1-4H3,(H,22,23). The number of hydrazone groups is 1. The molecule has 2 rings (SSSR count). The highest BCUT2D eigenvalue weighted by Gasteiger charge is 2.15. The molecule has 0 heterocycles. The Morgan fingerprint density at radius 1 is 1.12 bits per heavy atom. The van der Waals surface area contributed by atoms with Gasteiger partial charge in [0.25, 0.3) is 5.91 Å². The van der Waals surface area contributed by atoms with Gasteiger partial charge in [0.15, 0.2) is 17.6 Å². The Morgan fingerprint density at radius 2 is 1.81 bits per heavy atom. The summed E-state index contributed by atoms with van der Waals surface area (Å²) in [5.41, 5.74) is 4.33. The third-order valence-corrected chi connectivity index (χ3v) is 4.18. The van der Waals surface area contributed by atoms with Crippen molar-refractivity contribution in [3.8, 4) is 17.2 Å². The Hall–Kier alpha value is -2.54. The molecule has 1 N–H and O–H groups in total. The zero-order valence-electron chi connectivity index (χ0n) is 15.1. The maximum absolute atomic E-state index is 12.1. The van der Waals surface area contributed by atoms with Crippen LogP contribution in [0.25, 0.3) is 0 Å². The average molecular weight is 421 g/mol. The van der Waals surface area contributed by atoms with Crippen molar-refractivity contribution in [3.05, 3.63) is 52.0 Å². The number of amides is 1. The van der Waals surface area contributed by atoms with Gasteiger partial charge in [0.1, 0.15) is 5.75 Å². The van der Waals surface area contributed by atoms with Crippen molar-refractivity contribution in [2.45, 2.75) is 20.0 Å². The molecule has 6 nitrogen and oxygen atoms in total. The van der Waals surface area contributed by atoms with Crippen LogP contribution in [0.3, 0.4) is 0 Å². The number of nitrogens with zero attached hydrogens (tertiary/aromatic N) is 1. The van der Waals surface area contributed by atoms with Crippen molar-refractivity contribution in [1.82, 2.24) is 5.43 Å². The number of rotatable bonds is 7. The molecule has 26 heavy (non-hydrogen) atoms. The maximum atomic E-state index is 12.1. The van der Waals surface area contributed by atoms with Crippen molar-refractivity contribution < 1.29 is 19.0 Å². The van der Waals surface area contributed by atoms with Gasteiger partial charge in [-0.05, 0) is 71.2 Å². The van der Waals surface area contributed by atoms with Gasteiger partial charge in [-0.15, -0.1) is 0 Å². The summed E-state index contributed by atoms with van der Waals surface area (Å²) in [4.78, 5) is 12.1. The van der Waals surface area contributed by atoms with Crippen molar-refractivity contribution in [3.63, 3.8) is 0 Å². The minimum Gasteiger partial charge on any atom is -0.493 e. The van der Waals surface area contributed by atoms with Crippen LogP contribution in [0, 0.1) is 6.92 Å². The highest BCUT2D eigenvalue weighted by atomic mass is 79.9. The molecule has 0 aliphatic rings. The molecule has 0 saturated heterocycles. The predicted octanol–water partition coefficient (Wildman–Crippen LogP) is 3.69. The molecule has 1 unspecified atom stereocenters. The van der Waals surface area contributed by atoms with Crippen LogP contribution in [0.4, 0.5) is 0 Å². The van der Waals surface area contributed by atoms with E-state index in [1.807, 2.05) is 25.1 Å². The van der Waals surface area contributed by atoms with Gasteiger partial charge in [-0.1, -0.05) is 6.07 Å². The van der Waals surface area contributed by atoms with Crippen LogP contribution >= 0.6 is 15.9 Å². The van der Waals surface area contributed by atoms with E-state index < -0.39 is 6.10 Å². The number of carbonyl (C=O) groups excluding carboxylic acids is 1. The quantitative estimate of drug-likeness (QED) is 0.547. The number of methoxy groups -OCH3 is 2. The molecule has 0 aromatic heterocycles. The maximum Gasteiger partial charge on any atom is 0.280 e. The number of nitrogens with one attached hydrogen (secondary N) is 1. The summed E-state index contributed by atoms with van der Waals surface area (Å²) in [5.74, 6) is 1.46. The summed E-state index contributed by atoms with van der Waals surface area (Å²) in [6.07, 6.45) is 0.825. The zero-order chi connectivity index (χ0) is 19.1. The lowest BCUT2D eigenvalue weighted by Crippen LogP contribution is -2.33. The minimum atomic E-state index is -0.698. The van der Waals surface area contributed by atoms with Gasteiger partial charge in [0, 0.05) is 0 Å². The molecule has 2 aromatic carbocycles. The Bertz CT molecular complexity index is 808. The second kappa shape index (κ2) is 9.24. The Morgan fingerprint density at radius 3 is 2.46 bits per heavy atom. The second-order valence-corrected chi connectivity index (χ2v) is 6.40. The van der Waals surface area contributed by atoms with E-state index in [-0.39, 0.29) is 5.91 Å². The highest BCUT2D eigenvalue weighted by Crippen LogP contribution is 2.27. The lowest BCUT2D eigenvalue weighted by atomic mass is 10.2. The third-order valence-electron chi connectivity index (χ3n) is 3.56. The van der Waals surface area contributed by atoms with E-state index in [0.717, 1.165) is 15.6 Å². The summed E-state index contributed by atoms with van der Waals surface area (Å²) >= 11 is 3.42. The number of ether oxygens (including phenoxy) is 3. The molecular formula is C19H21BrN2O4. The van der Waals surface area contributed by atoms with E-state index >= 15 is 0 Å². The topological polar surface area (TPSA) is 69.2 Å². The average Bonchev–Trinajstić information content (AvgIpc) is 2.63. The van der Waals surface area contributed by atoms with Crippen LogP contribution in [0.15, 0.2) is 46.0 Å². The van der Waals surface area contributed by atoms with Crippen LogP contribution in [-0.4, -0.2) is 32.4 Å². The predicted molar refractivity (Wildman–Crippen MR) is 104 cm³/mol. The molecule has 0 bridgehead atoms. The summed E-state index contributed by atoms with van der Waals surface area (Å²) in [7, 11) is 3.13. The number of aryl methyl sites for hydroxylation is 1. The number of hydrogen-bond acceptors (Lipinski definition) is 5. The molecular weight excluding hydrogens is 400 g/mol. The summed E-state index contributed by atoms with van der Waals surface area (Å²) < 4.78 is 16.9. The Kier molecular flexibility index (Phi) is 7.03. The van der Waals surface area contributed by atoms with Gasteiger partial charge in [-0.25, -0.2) is 5.43 Å². The van der Waals surface area contributed by atoms with Crippen LogP contribution in [-0.2, 0) is 4.79 Å². The molecule has 0 saturated carbocycles. The Labute approximate surface area is 161 Å². The van der Waals surface area contributed by atoms with E-state index in [2.05, 4.69) is 26.5 Å². The number of benzene rings is 2. The first-order valence-electron chi connectivity index (χ1n) is 7.92. The molecule has 0 aliphatic heterocycles. The fourth-order valence-corrected chi connectivity index (χ4v) is 2.73. The van der Waals surface area contributed by atoms with Gasteiger partial charge in [0.05, 0.1) is 24.9 Å². The SMILES string of the molecule is COc1ccc(C=NNC(=O)C(C)Oc2ccc(C)cc2Br)cc1OC. The van der Waals surface area contributed by atoms with Crippen LogP contribution in [0.2, 0.25) is 0 Å². The second-order valence-electron chi connectivity index (χ2n) is 5.54. The summed E-state index contributed by atoms with van der Waals surface area (Å²) in [5, 5.41) is 3.96. The van der Waals surface area contributed by atoms with Gasteiger partial charge in [-0.2, -0.15) is 5.10 Å². The molecule has 0 fully saturated rings. The van der Waals surface area contributed by atoms with Gasteiger partial charge < -0.3 is 14.2 Å². The molecule has 1 amide bonds. The van der Waals surface area contributed by atoms with E-state index in [1.54, 1.807) is 39.3 Å². The van der Waals surface area contributed by atoms with Gasteiger partial charge in [0.2, 0.25) is 0 Å². The largest absolute Gasteiger partial charge is 0.493 e. The van der Waals surface area contributed by atoms with Crippen molar-refractivity contribution in [1.29, 1.82) is 0 Å². The number of carbonyl (C=O) groups is 1. The van der Waals surface area contributed by atoms with Crippen LogP contribution in [0.5, 0.6) is 17.2 Å². The van der Waals surface area contributed by atoms with Crippen molar-refractivity contribution >= 4 is 28.1 Å². The fourth-order valence-electron chi connectivity index (χ4n) is 2.14. The zero-order valence-corrected chi connectivity index (χ0v) is 16.7. The fraction of sp³-hybridized carbons (Fsp3) is 0.263.